The smallest absolute Gasteiger partial charge is 0.312 e. The highest BCUT2D eigenvalue weighted by molar-refractivity contribution is 9.09. The van der Waals surface area contributed by atoms with E-state index in [0.29, 0.717) is 36.4 Å². The van der Waals surface area contributed by atoms with Crippen molar-refractivity contribution in [3.63, 3.8) is 0 Å². The number of carbonyl (C=O) groups is 3. The fourth-order valence-electron chi connectivity index (χ4n) is 6.90. The van der Waals surface area contributed by atoms with Gasteiger partial charge in [-0.15, -0.1) is 13.2 Å². The van der Waals surface area contributed by atoms with Crippen LogP contribution < -0.4 is 4.90 Å². The fraction of sp³-hybridized carbons (Fsp3) is 0.424. The van der Waals surface area contributed by atoms with Crippen LogP contribution in [0.3, 0.4) is 0 Å². The number of fused-ring (bicyclic) bond motifs is 1. The highest BCUT2D eigenvalue weighted by Gasteiger charge is 2.77. The van der Waals surface area contributed by atoms with Crippen LogP contribution in [-0.4, -0.2) is 76.2 Å². The van der Waals surface area contributed by atoms with Crippen molar-refractivity contribution in [2.75, 3.05) is 24.7 Å². The molecule has 3 aliphatic rings. The second-order valence-corrected chi connectivity index (χ2v) is 12.8. The predicted octanol–water partition coefficient (Wildman–Crippen LogP) is 4.72. The van der Waals surface area contributed by atoms with Gasteiger partial charge in [-0.25, -0.2) is 0 Å². The molecule has 43 heavy (non-hydrogen) atoms. The zero-order chi connectivity index (χ0) is 30.7. The number of ether oxygens (including phenoxy) is 2. The van der Waals surface area contributed by atoms with Crippen LogP contribution >= 0.6 is 27.5 Å². The normalized spacial score (nSPS) is 27.9. The van der Waals surface area contributed by atoms with Crippen molar-refractivity contribution < 1.29 is 29.0 Å². The van der Waals surface area contributed by atoms with Crippen molar-refractivity contribution in [1.82, 2.24) is 4.90 Å². The number of para-hydroxylation sites is 1. The van der Waals surface area contributed by atoms with Crippen LogP contribution in [0.2, 0.25) is 5.02 Å². The van der Waals surface area contributed by atoms with E-state index in [-0.39, 0.29) is 18.0 Å². The molecule has 5 rings (SSSR count). The Morgan fingerprint density at radius 2 is 1.91 bits per heavy atom. The molecule has 1 spiro atoms. The van der Waals surface area contributed by atoms with Gasteiger partial charge in [0.15, 0.2) is 0 Å². The predicted molar refractivity (Wildman–Crippen MR) is 168 cm³/mol. The summed E-state index contributed by atoms with van der Waals surface area (Å²) >= 11 is 10.2. The maximum absolute atomic E-state index is 14.8. The first-order chi connectivity index (χ1) is 20.8. The van der Waals surface area contributed by atoms with E-state index < -0.39 is 60.0 Å². The van der Waals surface area contributed by atoms with Gasteiger partial charge in [0.1, 0.15) is 11.6 Å². The summed E-state index contributed by atoms with van der Waals surface area (Å²) in [6.45, 7) is 7.47. The zero-order valence-corrected chi connectivity index (χ0v) is 26.2. The quantitative estimate of drug-likeness (QED) is 0.143. The molecule has 0 radical (unpaired) electrons. The molecule has 2 aromatic rings. The number of aliphatic hydroxyl groups excluding tert-OH is 1. The largest absolute Gasteiger partial charge is 0.465 e. The Bertz CT molecular complexity index is 1370. The molecule has 2 bridgehead atoms. The monoisotopic (exact) mass is 670 g/mol. The number of hydrogen-bond acceptors (Lipinski definition) is 6. The molecule has 2 aromatic carbocycles. The average molecular weight is 672 g/mol. The number of allylic oxidation sites excluding steroid dienone is 1. The zero-order valence-electron chi connectivity index (χ0n) is 23.8. The minimum atomic E-state index is -1.32. The fourth-order valence-corrected chi connectivity index (χ4v) is 8.08. The lowest BCUT2D eigenvalue weighted by Crippen LogP contribution is -2.59. The minimum Gasteiger partial charge on any atom is -0.465 e. The van der Waals surface area contributed by atoms with Gasteiger partial charge in [-0.05, 0) is 43.4 Å². The Morgan fingerprint density at radius 1 is 1.19 bits per heavy atom. The summed E-state index contributed by atoms with van der Waals surface area (Å²) in [7, 11) is 0. The minimum absolute atomic E-state index is 0.125. The molecule has 3 unspecified atom stereocenters. The Hall–Kier alpha value is -2.98. The lowest BCUT2D eigenvalue weighted by atomic mass is 9.70. The van der Waals surface area contributed by atoms with E-state index in [1.165, 1.54) is 9.80 Å². The number of hydrogen-bond donors (Lipinski definition) is 1. The van der Waals surface area contributed by atoms with Gasteiger partial charge in [0.25, 0.3) is 5.91 Å². The molecule has 10 heteroatoms. The first-order valence-electron chi connectivity index (χ1n) is 14.5. The number of likely N-dealkylation sites (tertiary alicyclic amines) is 1. The highest BCUT2D eigenvalue weighted by Crippen LogP contribution is 2.61. The summed E-state index contributed by atoms with van der Waals surface area (Å²) in [6, 6.07) is 14.6. The van der Waals surface area contributed by atoms with Gasteiger partial charge >= 0.3 is 5.97 Å². The molecule has 0 aliphatic carbocycles. The van der Waals surface area contributed by atoms with Gasteiger partial charge in [-0.2, -0.15) is 0 Å². The number of rotatable bonds is 13. The van der Waals surface area contributed by atoms with Crippen LogP contribution in [0, 0.1) is 11.8 Å². The summed E-state index contributed by atoms with van der Waals surface area (Å²) in [5, 5.41) is 11.0. The molecule has 0 aromatic heterocycles. The standard InChI is InChI=1S/C33H36BrClN2O6/c1-3-5-11-17-42-32(41)26-27-30(39)37(22(20-38)18-21-12-7-6-8-13-21)29(33(27)19-23(34)28(26)43-33)31(40)36(16-4-2)25-15-10-9-14-24(25)35/h3-4,6-10,12-15,22-23,26-29,38H,1-2,5,11,16-20H2/t22-,23?,26+,27+,28+,29?,33?/m1/s1. The van der Waals surface area contributed by atoms with Crippen LogP contribution in [0.15, 0.2) is 79.9 Å². The number of anilines is 1. The van der Waals surface area contributed by atoms with Crippen molar-refractivity contribution in [2.45, 2.75) is 54.3 Å². The Balaban J connectivity index is 1.59. The highest BCUT2D eigenvalue weighted by atomic mass is 79.9. The Kier molecular flexibility index (Phi) is 9.76. The van der Waals surface area contributed by atoms with Crippen LogP contribution in [0.5, 0.6) is 0 Å². The number of aliphatic hydroxyl groups is 1. The SMILES string of the molecule is C=CCCCOC(=O)[C@H]1[C@H]2C(=O)N([C@@H](CO)Cc3ccccc3)C(C(=O)N(CC=C)c3ccccc3Cl)C23CC(Br)[C@@H]1O3. The number of unbranched alkanes of at least 4 members (excludes halogenated alkanes) is 1. The van der Waals surface area contributed by atoms with Crippen molar-refractivity contribution in [1.29, 1.82) is 0 Å². The average Bonchev–Trinajstić information content (AvgIpc) is 3.60. The number of alkyl halides is 1. The molecule has 0 saturated carbocycles. The number of esters is 1. The van der Waals surface area contributed by atoms with Crippen molar-refractivity contribution >= 4 is 51.0 Å². The van der Waals surface area contributed by atoms with Gasteiger partial charge in [0, 0.05) is 11.4 Å². The third kappa shape index (κ3) is 5.68. The number of amides is 2. The van der Waals surface area contributed by atoms with Crippen LogP contribution in [-0.2, 0) is 30.3 Å². The molecule has 3 heterocycles. The lowest BCUT2D eigenvalue weighted by molar-refractivity contribution is -0.155. The topological polar surface area (TPSA) is 96.4 Å². The number of nitrogens with zero attached hydrogens (tertiary/aromatic N) is 2. The van der Waals surface area contributed by atoms with Crippen molar-refractivity contribution in [3.05, 3.63) is 90.5 Å². The van der Waals surface area contributed by atoms with E-state index in [4.69, 9.17) is 21.1 Å². The molecule has 2 amide bonds. The van der Waals surface area contributed by atoms with Crippen LogP contribution in [0.1, 0.15) is 24.8 Å². The van der Waals surface area contributed by atoms with Crippen molar-refractivity contribution in [3.8, 4) is 0 Å². The Morgan fingerprint density at radius 3 is 2.58 bits per heavy atom. The third-order valence-corrected chi connectivity index (χ3v) is 9.83. The number of halogens is 2. The second kappa shape index (κ2) is 13.3. The van der Waals surface area contributed by atoms with E-state index in [2.05, 4.69) is 29.1 Å². The molecule has 3 fully saturated rings. The van der Waals surface area contributed by atoms with E-state index in [1.54, 1.807) is 36.4 Å². The van der Waals surface area contributed by atoms with Gasteiger partial charge < -0.3 is 24.4 Å². The first-order valence-corrected chi connectivity index (χ1v) is 15.8. The van der Waals surface area contributed by atoms with E-state index in [9.17, 15) is 19.5 Å². The molecule has 3 aliphatic heterocycles. The van der Waals surface area contributed by atoms with Gasteiger partial charge in [-0.1, -0.05) is 82.1 Å². The maximum atomic E-state index is 14.8. The van der Waals surface area contributed by atoms with E-state index in [0.717, 1.165) is 5.56 Å². The molecule has 228 valence electrons. The number of carbonyl (C=O) groups excluding carboxylic acids is 3. The Labute approximate surface area is 265 Å². The number of benzene rings is 2. The van der Waals surface area contributed by atoms with Gasteiger partial charge in [-0.3, -0.25) is 14.4 Å². The molecule has 1 N–H and O–H groups in total. The molecule has 8 nitrogen and oxygen atoms in total. The van der Waals surface area contributed by atoms with Gasteiger partial charge in [0.05, 0.1) is 47.9 Å². The molecule has 7 atom stereocenters. The summed E-state index contributed by atoms with van der Waals surface area (Å²) in [4.78, 5) is 45.6. The molecular formula is C33H36BrClN2O6. The summed E-state index contributed by atoms with van der Waals surface area (Å²) in [5.74, 6) is -3.20. The lowest BCUT2D eigenvalue weighted by Gasteiger charge is -2.39. The summed E-state index contributed by atoms with van der Waals surface area (Å²) in [6.07, 6.45) is 4.63. The van der Waals surface area contributed by atoms with Crippen LogP contribution in [0.25, 0.3) is 0 Å². The van der Waals surface area contributed by atoms with E-state index >= 15 is 0 Å². The maximum Gasteiger partial charge on any atom is 0.312 e. The summed E-state index contributed by atoms with van der Waals surface area (Å²) < 4.78 is 12.2. The van der Waals surface area contributed by atoms with Gasteiger partial charge in [0.2, 0.25) is 5.91 Å². The second-order valence-electron chi connectivity index (χ2n) is 11.2. The third-order valence-electron chi connectivity index (χ3n) is 8.67. The van der Waals surface area contributed by atoms with E-state index in [1.807, 2.05) is 30.3 Å². The molecular weight excluding hydrogens is 636 g/mol. The summed E-state index contributed by atoms with van der Waals surface area (Å²) in [5.41, 5.74) is 0.0414. The first kappa shape index (κ1) is 31.4. The van der Waals surface area contributed by atoms with Crippen LogP contribution in [0.4, 0.5) is 5.69 Å². The molecule has 3 saturated heterocycles. The van der Waals surface area contributed by atoms with Crippen molar-refractivity contribution in [2.24, 2.45) is 11.8 Å².